The molecule has 1 fully saturated rings. The molecule has 0 bridgehead atoms. The zero-order valence-corrected chi connectivity index (χ0v) is 14.1. The van der Waals surface area contributed by atoms with Gasteiger partial charge >= 0.3 is 0 Å². The van der Waals surface area contributed by atoms with Crippen LogP contribution in [-0.4, -0.2) is 41.9 Å². The summed E-state index contributed by atoms with van der Waals surface area (Å²) in [5, 5.41) is 2.75. The van der Waals surface area contributed by atoms with Crippen LogP contribution in [0, 0.1) is 12.7 Å². The highest BCUT2D eigenvalue weighted by molar-refractivity contribution is 7.99. The summed E-state index contributed by atoms with van der Waals surface area (Å²) in [6.45, 7) is 5.14. The molecule has 0 aliphatic carbocycles. The summed E-state index contributed by atoms with van der Waals surface area (Å²) in [6.07, 6.45) is 5.28. The van der Waals surface area contributed by atoms with E-state index < -0.39 is 0 Å². The molecule has 0 radical (unpaired) electrons. The Morgan fingerprint density at radius 3 is 2.68 bits per heavy atom. The molecular formula is C17H25FN2OS. The second kappa shape index (κ2) is 9.16. The molecule has 22 heavy (non-hydrogen) atoms. The Kier molecular flexibility index (Phi) is 7.19. The molecule has 0 aromatic heterocycles. The number of nitrogens with zero attached hydrogens (tertiary/aromatic N) is 1. The number of halogens is 1. The van der Waals surface area contributed by atoms with E-state index in [1.165, 1.54) is 44.8 Å². The van der Waals surface area contributed by atoms with Gasteiger partial charge in [0.25, 0.3) is 0 Å². The Balaban J connectivity index is 1.63. The first-order valence-corrected chi connectivity index (χ1v) is 9.17. The molecule has 1 aromatic carbocycles. The van der Waals surface area contributed by atoms with Crippen LogP contribution in [0.5, 0.6) is 0 Å². The number of thioether (sulfide) groups is 1. The van der Waals surface area contributed by atoms with Gasteiger partial charge in [-0.25, -0.2) is 4.39 Å². The van der Waals surface area contributed by atoms with Gasteiger partial charge in [-0.2, -0.15) is 11.8 Å². The molecule has 0 unspecified atom stereocenters. The molecule has 3 nitrogen and oxygen atoms in total. The Bertz CT molecular complexity index is 488. The second-order valence-corrected chi connectivity index (χ2v) is 6.93. The fourth-order valence-corrected chi connectivity index (χ4v) is 3.38. The van der Waals surface area contributed by atoms with E-state index >= 15 is 0 Å². The van der Waals surface area contributed by atoms with Crippen molar-refractivity contribution in [1.29, 1.82) is 0 Å². The number of rotatable bonds is 6. The lowest BCUT2D eigenvalue weighted by atomic mass is 10.2. The zero-order valence-electron chi connectivity index (χ0n) is 13.2. The van der Waals surface area contributed by atoms with Crippen LogP contribution in [-0.2, 0) is 4.79 Å². The summed E-state index contributed by atoms with van der Waals surface area (Å²) in [4.78, 5) is 14.3. The van der Waals surface area contributed by atoms with Crippen LogP contribution in [0.15, 0.2) is 18.2 Å². The number of hydrogen-bond donors (Lipinski definition) is 1. The third-order valence-corrected chi connectivity index (χ3v) is 4.88. The van der Waals surface area contributed by atoms with Crippen molar-refractivity contribution in [3.05, 3.63) is 29.6 Å². The van der Waals surface area contributed by atoms with E-state index in [4.69, 9.17) is 0 Å². The molecular weight excluding hydrogens is 299 g/mol. The van der Waals surface area contributed by atoms with E-state index in [2.05, 4.69) is 10.2 Å². The number of anilines is 1. The fourth-order valence-electron chi connectivity index (χ4n) is 2.59. The predicted octanol–water partition coefficient (Wildman–Crippen LogP) is 3.68. The summed E-state index contributed by atoms with van der Waals surface area (Å²) < 4.78 is 13.4. The lowest BCUT2D eigenvalue weighted by Crippen LogP contribution is -2.27. The topological polar surface area (TPSA) is 32.3 Å². The monoisotopic (exact) mass is 324 g/mol. The minimum absolute atomic E-state index is 0.0656. The van der Waals surface area contributed by atoms with E-state index in [0.717, 1.165) is 12.3 Å². The summed E-state index contributed by atoms with van der Waals surface area (Å²) in [7, 11) is 0. The minimum Gasteiger partial charge on any atom is -0.325 e. The average Bonchev–Trinajstić information content (AvgIpc) is 2.76. The van der Waals surface area contributed by atoms with E-state index in [1.54, 1.807) is 30.8 Å². The molecule has 0 saturated carbocycles. The van der Waals surface area contributed by atoms with Crippen molar-refractivity contribution in [3.8, 4) is 0 Å². The molecule has 0 atom stereocenters. The first kappa shape index (κ1) is 17.3. The van der Waals surface area contributed by atoms with E-state index in [-0.39, 0.29) is 11.7 Å². The third-order valence-electron chi connectivity index (χ3n) is 3.94. The van der Waals surface area contributed by atoms with Gasteiger partial charge in [0, 0.05) is 18.0 Å². The van der Waals surface area contributed by atoms with Gasteiger partial charge in [-0.3, -0.25) is 4.79 Å². The van der Waals surface area contributed by atoms with Crippen molar-refractivity contribution in [2.75, 3.05) is 36.5 Å². The summed E-state index contributed by atoms with van der Waals surface area (Å²) in [6, 6.07) is 4.78. The molecule has 1 aliphatic heterocycles. The largest absolute Gasteiger partial charge is 0.325 e. The first-order valence-electron chi connectivity index (χ1n) is 8.01. The van der Waals surface area contributed by atoms with Crippen molar-refractivity contribution in [1.82, 2.24) is 4.90 Å². The maximum Gasteiger partial charge on any atom is 0.234 e. The fraction of sp³-hybridized carbons (Fsp3) is 0.588. The van der Waals surface area contributed by atoms with Gasteiger partial charge in [0.15, 0.2) is 0 Å². The zero-order chi connectivity index (χ0) is 15.8. The van der Waals surface area contributed by atoms with Crippen LogP contribution in [0.1, 0.15) is 31.2 Å². The quantitative estimate of drug-likeness (QED) is 0.810. The summed E-state index contributed by atoms with van der Waals surface area (Å²) in [5.74, 6) is 1.04. The highest BCUT2D eigenvalue weighted by atomic mass is 32.2. The summed E-state index contributed by atoms with van der Waals surface area (Å²) >= 11 is 1.64. The Morgan fingerprint density at radius 2 is 2.00 bits per heavy atom. The Morgan fingerprint density at radius 1 is 1.27 bits per heavy atom. The highest BCUT2D eigenvalue weighted by Gasteiger charge is 2.09. The number of likely N-dealkylation sites (tertiary alicyclic amines) is 1. The van der Waals surface area contributed by atoms with Crippen molar-refractivity contribution < 1.29 is 9.18 Å². The van der Waals surface area contributed by atoms with E-state index in [0.29, 0.717) is 17.0 Å². The van der Waals surface area contributed by atoms with Crippen molar-refractivity contribution in [3.63, 3.8) is 0 Å². The third kappa shape index (κ3) is 5.97. The van der Waals surface area contributed by atoms with Gasteiger partial charge in [0.2, 0.25) is 5.91 Å². The number of hydrogen-bond acceptors (Lipinski definition) is 3. The number of nitrogens with one attached hydrogen (secondary N) is 1. The highest BCUT2D eigenvalue weighted by Crippen LogP contribution is 2.14. The number of carbonyl (C=O) groups excluding carboxylic acids is 1. The molecule has 1 amide bonds. The van der Waals surface area contributed by atoms with E-state index in [1.807, 2.05) is 0 Å². The molecule has 1 heterocycles. The maximum absolute atomic E-state index is 13.4. The van der Waals surface area contributed by atoms with Gasteiger partial charge in [0.05, 0.1) is 5.75 Å². The Labute approximate surface area is 136 Å². The van der Waals surface area contributed by atoms with E-state index in [9.17, 15) is 9.18 Å². The molecule has 122 valence electrons. The number of carbonyl (C=O) groups is 1. The van der Waals surface area contributed by atoms with Crippen LogP contribution < -0.4 is 5.32 Å². The number of amides is 1. The molecule has 0 spiro atoms. The second-order valence-electron chi connectivity index (χ2n) is 5.82. The standard InChI is InChI=1S/C17H25FN2OS/c1-14-6-7-15(12-16(14)18)19-17(21)13-22-11-10-20-8-4-2-3-5-9-20/h6-7,12H,2-5,8-11,13H2,1H3,(H,19,21). The number of aryl methyl sites for hydroxylation is 1. The van der Waals surface area contributed by atoms with Gasteiger partial charge in [-0.15, -0.1) is 0 Å². The summed E-state index contributed by atoms with van der Waals surface area (Å²) in [5.41, 5.74) is 1.12. The van der Waals surface area contributed by atoms with Gasteiger partial charge in [0.1, 0.15) is 5.82 Å². The molecule has 2 rings (SSSR count). The smallest absolute Gasteiger partial charge is 0.234 e. The van der Waals surface area contributed by atoms with Gasteiger partial charge < -0.3 is 10.2 Å². The average molecular weight is 324 g/mol. The molecule has 1 aromatic rings. The number of benzene rings is 1. The Hall–Kier alpha value is -1.07. The molecule has 5 heteroatoms. The van der Waals surface area contributed by atoms with Crippen molar-refractivity contribution >= 4 is 23.4 Å². The van der Waals surface area contributed by atoms with Crippen molar-refractivity contribution in [2.24, 2.45) is 0 Å². The molecule has 1 N–H and O–H groups in total. The first-order chi connectivity index (χ1) is 10.6. The minimum atomic E-state index is -0.286. The van der Waals surface area contributed by atoms with Crippen LogP contribution in [0.2, 0.25) is 0 Å². The lowest BCUT2D eigenvalue weighted by molar-refractivity contribution is -0.113. The molecule has 1 aliphatic rings. The van der Waals surface area contributed by atoms with Crippen LogP contribution >= 0.6 is 11.8 Å². The van der Waals surface area contributed by atoms with Crippen LogP contribution in [0.3, 0.4) is 0 Å². The van der Waals surface area contributed by atoms with Crippen LogP contribution in [0.4, 0.5) is 10.1 Å². The lowest BCUT2D eigenvalue weighted by Gasteiger charge is -2.19. The van der Waals surface area contributed by atoms with Gasteiger partial charge in [-0.05, 0) is 50.6 Å². The molecule has 1 saturated heterocycles. The SMILES string of the molecule is Cc1ccc(NC(=O)CSCCN2CCCCCC2)cc1F. The van der Waals surface area contributed by atoms with Gasteiger partial charge in [-0.1, -0.05) is 18.9 Å². The maximum atomic E-state index is 13.4. The van der Waals surface area contributed by atoms with Crippen molar-refractivity contribution in [2.45, 2.75) is 32.6 Å². The predicted molar refractivity (Wildman–Crippen MR) is 92.0 cm³/mol. The normalized spacial score (nSPS) is 16.3. The van der Waals surface area contributed by atoms with Crippen LogP contribution in [0.25, 0.3) is 0 Å².